The molecule has 1 aliphatic rings. The zero-order valence-electron chi connectivity index (χ0n) is 11.4. The lowest BCUT2D eigenvalue weighted by Crippen LogP contribution is -2.36. The highest BCUT2D eigenvalue weighted by Crippen LogP contribution is 2.43. The second-order valence-corrected chi connectivity index (χ2v) is 11.3. The molecule has 16 heavy (non-hydrogen) atoms. The molecular weight excluding hydrogens is 216 g/mol. The van der Waals surface area contributed by atoms with Crippen LogP contribution < -0.4 is 0 Å². The predicted molar refractivity (Wildman–Crippen MR) is 70.3 cm³/mol. The molecule has 1 rings (SSSR count). The molecule has 0 bridgehead atoms. The van der Waals surface area contributed by atoms with Gasteiger partial charge in [-0.25, -0.2) is 0 Å². The predicted octanol–water partition coefficient (Wildman–Crippen LogP) is 3.84. The van der Waals surface area contributed by atoms with Crippen molar-refractivity contribution in [2.75, 3.05) is 0 Å². The van der Waals surface area contributed by atoms with Crippen LogP contribution in [0.1, 0.15) is 40.0 Å². The van der Waals surface area contributed by atoms with Crippen molar-refractivity contribution in [2.45, 2.75) is 70.8 Å². The van der Waals surface area contributed by atoms with E-state index in [4.69, 9.17) is 4.74 Å². The molecule has 1 heterocycles. The summed E-state index contributed by atoms with van der Waals surface area (Å²) >= 11 is 0. The highest BCUT2D eigenvalue weighted by Gasteiger charge is 2.46. The summed E-state index contributed by atoms with van der Waals surface area (Å²) in [7, 11) is -1.09. The summed E-state index contributed by atoms with van der Waals surface area (Å²) < 4.78 is 5.83. The molecule has 0 saturated carbocycles. The molecule has 0 aliphatic carbocycles. The summed E-state index contributed by atoms with van der Waals surface area (Å²) in [4.78, 5) is 11.9. The first-order valence-corrected chi connectivity index (χ1v) is 9.98. The third kappa shape index (κ3) is 3.09. The van der Waals surface area contributed by atoms with Gasteiger partial charge in [-0.05, 0) is 25.3 Å². The van der Waals surface area contributed by atoms with Crippen molar-refractivity contribution in [3.8, 4) is 0 Å². The smallest absolute Gasteiger partial charge is 0.309 e. The molecule has 3 heteroatoms. The fourth-order valence-electron chi connectivity index (χ4n) is 2.56. The van der Waals surface area contributed by atoms with Crippen LogP contribution in [0, 0.1) is 5.92 Å². The van der Waals surface area contributed by atoms with Crippen molar-refractivity contribution >= 4 is 14.0 Å². The van der Waals surface area contributed by atoms with Crippen molar-refractivity contribution in [3.05, 3.63) is 0 Å². The lowest BCUT2D eigenvalue weighted by molar-refractivity contribution is -0.162. The average Bonchev–Trinajstić information content (AvgIpc) is 2.53. The van der Waals surface area contributed by atoms with Gasteiger partial charge < -0.3 is 4.74 Å². The van der Waals surface area contributed by atoms with E-state index < -0.39 is 8.07 Å². The van der Waals surface area contributed by atoms with Gasteiger partial charge in [-0.1, -0.05) is 39.9 Å². The molecule has 94 valence electrons. The zero-order valence-corrected chi connectivity index (χ0v) is 12.4. The van der Waals surface area contributed by atoms with Crippen LogP contribution in [-0.2, 0) is 9.53 Å². The molecule has 1 saturated heterocycles. The van der Waals surface area contributed by atoms with Gasteiger partial charge in [0.15, 0.2) is 0 Å². The van der Waals surface area contributed by atoms with E-state index in [0.29, 0.717) is 0 Å². The van der Waals surface area contributed by atoms with Crippen LogP contribution in [0.3, 0.4) is 0 Å². The monoisotopic (exact) mass is 242 g/mol. The maximum atomic E-state index is 11.9. The van der Waals surface area contributed by atoms with Crippen molar-refractivity contribution in [3.63, 3.8) is 0 Å². The van der Waals surface area contributed by atoms with Crippen molar-refractivity contribution in [1.29, 1.82) is 0 Å². The number of carbonyl (C=O) groups is 1. The van der Waals surface area contributed by atoms with Crippen LogP contribution >= 0.6 is 0 Å². The van der Waals surface area contributed by atoms with Gasteiger partial charge in [0.25, 0.3) is 0 Å². The summed E-state index contributed by atoms with van der Waals surface area (Å²) in [6.07, 6.45) is 2.94. The molecule has 2 unspecified atom stereocenters. The van der Waals surface area contributed by atoms with Crippen LogP contribution in [0.4, 0.5) is 0 Å². The van der Waals surface area contributed by atoms with Gasteiger partial charge in [0.2, 0.25) is 0 Å². The number of ether oxygens (including phenoxy) is 1. The molecule has 0 aromatic heterocycles. The Balaban J connectivity index is 2.66. The van der Waals surface area contributed by atoms with E-state index in [9.17, 15) is 4.79 Å². The molecule has 2 atom stereocenters. The number of carbonyl (C=O) groups excluding carboxylic acids is 1. The van der Waals surface area contributed by atoms with Gasteiger partial charge >= 0.3 is 5.97 Å². The van der Waals surface area contributed by atoms with E-state index in [1.54, 1.807) is 0 Å². The highest BCUT2D eigenvalue weighted by atomic mass is 28.3. The Morgan fingerprint density at radius 3 is 2.44 bits per heavy atom. The average molecular weight is 242 g/mol. The van der Waals surface area contributed by atoms with E-state index in [-0.39, 0.29) is 17.5 Å². The van der Waals surface area contributed by atoms with Crippen LogP contribution in [0.15, 0.2) is 0 Å². The molecule has 0 N–H and O–H groups in total. The number of hydrogen-bond donors (Lipinski definition) is 0. The second-order valence-electron chi connectivity index (χ2n) is 6.11. The number of esters is 1. The standard InChI is InChI=1S/C13H26O2Si/c1-6-11(3)12(14)15-13(7-2)8-9-16(4,5)10-13/h11H,6-10H2,1-5H3. The molecular formula is C13H26O2Si. The number of hydrogen-bond acceptors (Lipinski definition) is 2. The Labute approximate surface area is 101 Å². The minimum Gasteiger partial charge on any atom is -0.459 e. The number of rotatable bonds is 4. The normalized spacial score (nSPS) is 30.1. The summed E-state index contributed by atoms with van der Waals surface area (Å²) in [5.74, 6) is 0.0600. The van der Waals surface area contributed by atoms with Gasteiger partial charge in [-0.3, -0.25) is 4.79 Å². The lowest BCUT2D eigenvalue weighted by atomic mass is 9.99. The summed E-state index contributed by atoms with van der Waals surface area (Å²) in [5, 5.41) is 0. The van der Waals surface area contributed by atoms with Crippen molar-refractivity contribution in [1.82, 2.24) is 0 Å². The van der Waals surface area contributed by atoms with E-state index in [1.807, 2.05) is 13.8 Å². The van der Waals surface area contributed by atoms with E-state index in [0.717, 1.165) is 25.3 Å². The van der Waals surface area contributed by atoms with Crippen LogP contribution in [0.2, 0.25) is 25.2 Å². The van der Waals surface area contributed by atoms with E-state index in [2.05, 4.69) is 20.0 Å². The second kappa shape index (κ2) is 4.90. The quantitative estimate of drug-likeness (QED) is 0.553. The van der Waals surface area contributed by atoms with Gasteiger partial charge in [-0.15, -0.1) is 0 Å². The van der Waals surface area contributed by atoms with Crippen LogP contribution in [-0.4, -0.2) is 19.6 Å². The van der Waals surface area contributed by atoms with Gasteiger partial charge in [0.1, 0.15) is 5.60 Å². The molecule has 0 radical (unpaired) electrons. The molecule has 0 aromatic rings. The highest BCUT2D eigenvalue weighted by molar-refractivity contribution is 6.78. The molecule has 0 amide bonds. The maximum absolute atomic E-state index is 11.9. The largest absolute Gasteiger partial charge is 0.459 e. The fraction of sp³-hybridized carbons (Fsp3) is 0.923. The minimum absolute atomic E-state index is 0.0102. The lowest BCUT2D eigenvalue weighted by Gasteiger charge is -2.30. The fourth-order valence-corrected chi connectivity index (χ4v) is 6.11. The first-order chi connectivity index (χ1) is 7.34. The zero-order chi connectivity index (χ0) is 12.4. The molecule has 0 spiro atoms. The molecule has 0 aromatic carbocycles. The minimum atomic E-state index is -1.09. The Bertz CT molecular complexity index is 263. The topological polar surface area (TPSA) is 26.3 Å². The Morgan fingerprint density at radius 2 is 2.06 bits per heavy atom. The Morgan fingerprint density at radius 1 is 1.44 bits per heavy atom. The van der Waals surface area contributed by atoms with Crippen molar-refractivity contribution < 1.29 is 9.53 Å². The third-order valence-corrected chi connectivity index (χ3v) is 7.24. The Kier molecular flexibility index (Phi) is 4.21. The maximum Gasteiger partial charge on any atom is 0.309 e. The van der Waals surface area contributed by atoms with E-state index >= 15 is 0 Å². The summed E-state index contributed by atoms with van der Waals surface area (Å²) in [6.45, 7) is 11.0. The summed E-state index contributed by atoms with van der Waals surface area (Å²) in [6, 6.07) is 2.45. The van der Waals surface area contributed by atoms with Gasteiger partial charge in [-0.2, -0.15) is 0 Å². The summed E-state index contributed by atoms with van der Waals surface area (Å²) in [5.41, 5.74) is -0.115. The molecule has 1 aliphatic heterocycles. The van der Waals surface area contributed by atoms with E-state index in [1.165, 1.54) is 6.04 Å². The van der Waals surface area contributed by atoms with Gasteiger partial charge in [0.05, 0.1) is 14.0 Å². The van der Waals surface area contributed by atoms with Crippen LogP contribution in [0.5, 0.6) is 0 Å². The van der Waals surface area contributed by atoms with Gasteiger partial charge in [0, 0.05) is 0 Å². The first-order valence-electron chi connectivity index (χ1n) is 6.57. The molecule has 2 nitrogen and oxygen atoms in total. The first kappa shape index (κ1) is 13.8. The molecule has 1 fully saturated rings. The SMILES string of the molecule is CCC(C)C(=O)OC1(CC)CC[Si](C)(C)C1. The third-order valence-electron chi connectivity index (χ3n) is 4.03. The van der Waals surface area contributed by atoms with Crippen molar-refractivity contribution in [2.24, 2.45) is 5.92 Å². The van der Waals surface area contributed by atoms with Crippen LogP contribution in [0.25, 0.3) is 0 Å². The Hall–Kier alpha value is -0.313.